The Kier molecular flexibility index (Phi) is 2.26. The van der Waals surface area contributed by atoms with Crippen LogP contribution in [0.2, 0.25) is 5.15 Å². The van der Waals surface area contributed by atoms with Gasteiger partial charge in [0.1, 0.15) is 11.0 Å². The van der Waals surface area contributed by atoms with Crippen molar-refractivity contribution in [3.63, 3.8) is 0 Å². The number of hydrogen-bond acceptors (Lipinski definition) is 4. The molecule has 0 aliphatic rings. The van der Waals surface area contributed by atoms with Gasteiger partial charge in [0.25, 0.3) is 0 Å². The van der Waals surface area contributed by atoms with Crippen molar-refractivity contribution in [2.24, 2.45) is 0 Å². The van der Waals surface area contributed by atoms with Gasteiger partial charge < -0.3 is 0 Å². The average molecular weight is 246 g/mol. The molecule has 0 N–H and O–H groups in total. The summed E-state index contributed by atoms with van der Waals surface area (Å²) in [6.45, 7) is 1.87. The molecule has 0 aromatic carbocycles. The highest BCUT2D eigenvalue weighted by molar-refractivity contribution is 6.29. The molecule has 6 heteroatoms. The molecule has 0 bridgehead atoms. The first kappa shape index (κ1) is 10.2. The number of halogens is 1. The molecule has 3 heterocycles. The average Bonchev–Trinajstić information content (AvgIpc) is 2.74. The van der Waals surface area contributed by atoms with Gasteiger partial charge in [-0.25, -0.2) is 4.98 Å². The van der Waals surface area contributed by atoms with Crippen LogP contribution < -0.4 is 0 Å². The Hall–Kier alpha value is -2.01. The maximum absolute atomic E-state index is 5.88. The molecule has 5 nitrogen and oxygen atoms in total. The lowest BCUT2D eigenvalue weighted by molar-refractivity contribution is 0.988. The first-order valence-electron chi connectivity index (χ1n) is 5.04. The highest BCUT2D eigenvalue weighted by atomic mass is 35.5. The van der Waals surface area contributed by atoms with E-state index in [0.717, 1.165) is 17.2 Å². The summed E-state index contributed by atoms with van der Waals surface area (Å²) in [6, 6.07) is 5.45. The predicted molar refractivity (Wildman–Crippen MR) is 63.8 cm³/mol. The molecule has 84 valence electrons. The molecular formula is C11H8ClN5. The Labute approximate surface area is 102 Å². The molecule has 3 aromatic rings. The smallest absolute Gasteiger partial charge is 0.169 e. The molecule has 0 saturated heterocycles. The van der Waals surface area contributed by atoms with E-state index in [1.54, 1.807) is 18.5 Å². The van der Waals surface area contributed by atoms with E-state index in [1.165, 1.54) is 0 Å². The summed E-state index contributed by atoms with van der Waals surface area (Å²) in [7, 11) is 0. The van der Waals surface area contributed by atoms with Crippen LogP contribution in [0.15, 0.2) is 30.6 Å². The fourth-order valence-corrected chi connectivity index (χ4v) is 1.96. The summed E-state index contributed by atoms with van der Waals surface area (Å²) in [5, 5.41) is 8.66. The number of aryl methyl sites for hydroxylation is 1. The molecule has 0 saturated carbocycles. The summed E-state index contributed by atoms with van der Waals surface area (Å²) < 4.78 is 1.86. The van der Waals surface area contributed by atoms with Crippen LogP contribution in [0.1, 0.15) is 5.82 Å². The quantitative estimate of drug-likeness (QED) is 0.617. The maximum Gasteiger partial charge on any atom is 0.169 e. The molecule has 0 fully saturated rings. The number of aromatic nitrogens is 5. The number of fused-ring (bicyclic) bond motifs is 1. The largest absolute Gasteiger partial charge is 0.265 e. The van der Waals surface area contributed by atoms with E-state index in [0.29, 0.717) is 10.8 Å². The van der Waals surface area contributed by atoms with Gasteiger partial charge in [0.2, 0.25) is 0 Å². The topological polar surface area (TPSA) is 56.0 Å². The van der Waals surface area contributed by atoms with Crippen LogP contribution in [0.25, 0.3) is 17.0 Å². The van der Waals surface area contributed by atoms with Crippen LogP contribution in [0.5, 0.6) is 0 Å². The lowest BCUT2D eigenvalue weighted by Gasteiger charge is -2.02. The van der Waals surface area contributed by atoms with Crippen molar-refractivity contribution in [2.45, 2.75) is 6.92 Å². The Morgan fingerprint density at radius 2 is 1.94 bits per heavy atom. The summed E-state index contributed by atoms with van der Waals surface area (Å²) in [5.41, 5.74) is 1.63. The number of hydrogen-bond donors (Lipinski definition) is 0. The molecule has 0 atom stereocenters. The first-order chi connectivity index (χ1) is 8.25. The fourth-order valence-electron chi connectivity index (χ4n) is 1.74. The van der Waals surface area contributed by atoms with Crippen LogP contribution >= 0.6 is 11.6 Å². The standard InChI is InChI=1S/C11H8ClN5/c1-7-14-9(12)6-10-15-16-11(17(7)10)8-2-4-13-5-3-8/h2-6H,1H3. The predicted octanol–water partition coefficient (Wildman–Crippen LogP) is 2.15. The second-order valence-corrected chi connectivity index (χ2v) is 3.97. The summed E-state index contributed by atoms with van der Waals surface area (Å²) in [5.74, 6) is 1.49. The molecule has 3 rings (SSSR count). The van der Waals surface area contributed by atoms with Crippen molar-refractivity contribution in [1.82, 2.24) is 24.6 Å². The first-order valence-corrected chi connectivity index (χ1v) is 5.42. The third-order valence-corrected chi connectivity index (χ3v) is 2.66. The minimum atomic E-state index is 0.420. The van der Waals surface area contributed by atoms with E-state index in [2.05, 4.69) is 20.2 Å². The summed E-state index contributed by atoms with van der Waals surface area (Å²) in [6.07, 6.45) is 3.43. The molecule has 0 aliphatic heterocycles. The monoisotopic (exact) mass is 245 g/mol. The number of rotatable bonds is 1. The normalized spacial score (nSPS) is 10.9. The lowest BCUT2D eigenvalue weighted by atomic mass is 10.2. The third-order valence-electron chi connectivity index (χ3n) is 2.47. The third kappa shape index (κ3) is 1.64. The molecule has 0 amide bonds. The highest BCUT2D eigenvalue weighted by Crippen LogP contribution is 2.19. The summed E-state index contributed by atoms with van der Waals surface area (Å²) >= 11 is 5.88. The fraction of sp³-hybridized carbons (Fsp3) is 0.0909. The van der Waals surface area contributed by atoms with Gasteiger partial charge >= 0.3 is 0 Å². The van der Waals surface area contributed by atoms with Crippen molar-refractivity contribution in [2.75, 3.05) is 0 Å². The van der Waals surface area contributed by atoms with Crippen LogP contribution in [-0.4, -0.2) is 24.6 Å². The van der Waals surface area contributed by atoms with E-state index in [4.69, 9.17) is 11.6 Å². The van der Waals surface area contributed by atoms with E-state index in [9.17, 15) is 0 Å². The minimum Gasteiger partial charge on any atom is -0.265 e. The Balaban J connectivity index is 2.32. The van der Waals surface area contributed by atoms with E-state index in [-0.39, 0.29) is 0 Å². The Bertz CT molecular complexity index is 677. The van der Waals surface area contributed by atoms with Crippen LogP contribution in [0, 0.1) is 6.92 Å². The zero-order chi connectivity index (χ0) is 11.8. The Morgan fingerprint density at radius 3 is 2.71 bits per heavy atom. The summed E-state index contributed by atoms with van der Waals surface area (Å²) in [4.78, 5) is 8.17. The zero-order valence-corrected chi connectivity index (χ0v) is 9.76. The van der Waals surface area contributed by atoms with Crippen LogP contribution in [0.4, 0.5) is 0 Å². The van der Waals surface area contributed by atoms with Crippen molar-refractivity contribution < 1.29 is 0 Å². The van der Waals surface area contributed by atoms with Crippen molar-refractivity contribution in [1.29, 1.82) is 0 Å². The van der Waals surface area contributed by atoms with Gasteiger partial charge in [0, 0.05) is 24.0 Å². The molecule has 3 aromatic heterocycles. The maximum atomic E-state index is 5.88. The SMILES string of the molecule is Cc1nc(Cl)cc2nnc(-c3ccncc3)n12. The van der Waals surface area contributed by atoms with Gasteiger partial charge in [-0.2, -0.15) is 0 Å². The number of nitrogens with zero attached hydrogens (tertiary/aromatic N) is 5. The molecule has 0 radical (unpaired) electrons. The van der Waals surface area contributed by atoms with Gasteiger partial charge in [0.05, 0.1) is 0 Å². The molecule has 0 unspecified atom stereocenters. The van der Waals surface area contributed by atoms with Crippen molar-refractivity contribution in [3.05, 3.63) is 41.6 Å². The van der Waals surface area contributed by atoms with Gasteiger partial charge in [-0.05, 0) is 19.1 Å². The van der Waals surface area contributed by atoms with Crippen molar-refractivity contribution in [3.8, 4) is 11.4 Å². The second-order valence-electron chi connectivity index (χ2n) is 3.58. The van der Waals surface area contributed by atoms with Crippen LogP contribution in [0.3, 0.4) is 0 Å². The molecule has 0 spiro atoms. The van der Waals surface area contributed by atoms with E-state index < -0.39 is 0 Å². The Morgan fingerprint density at radius 1 is 1.18 bits per heavy atom. The minimum absolute atomic E-state index is 0.420. The van der Waals surface area contributed by atoms with Crippen molar-refractivity contribution >= 4 is 17.2 Å². The molecule has 17 heavy (non-hydrogen) atoms. The van der Waals surface area contributed by atoms with Gasteiger partial charge in [-0.1, -0.05) is 11.6 Å². The van der Waals surface area contributed by atoms with E-state index >= 15 is 0 Å². The molecule has 0 aliphatic carbocycles. The second kappa shape index (κ2) is 3.78. The number of pyridine rings is 1. The molecular weight excluding hydrogens is 238 g/mol. The van der Waals surface area contributed by atoms with Gasteiger partial charge in [-0.3, -0.25) is 9.38 Å². The zero-order valence-electron chi connectivity index (χ0n) is 9.00. The van der Waals surface area contributed by atoms with E-state index in [1.807, 2.05) is 23.5 Å². The highest BCUT2D eigenvalue weighted by Gasteiger charge is 2.11. The van der Waals surface area contributed by atoms with Gasteiger partial charge in [-0.15, -0.1) is 10.2 Å². The van der Waals surface area contributed by atoms with Gasteiger partial charge in [0.15, 0.2) is 11.5 Å². The van der Waals surface area contributed by atoms with Crippen LogP contribution in [-0.2, 0) is 0 Å². The lowest BCUT2D eigenvalue weighted by Crippen LogP contribution is -1.97.